The van der Waals surface area contributed by atoms with E-state index in [1.807, 2.05) is 43.3 Å². The minimum absolute atomic E-state index is 0.570. The van der Waals surface area contributed by atoms with Gasteiger partial charge in [-0.05, 0) is 31.0 Å². The van der Waals surface area contributed by atoms with Gasteiger partial charge in [-0.15, -0.1) is 0 Å². The molecule has 2 heteroatoms. The number of para-hydroxylation sites is 1. The van der Waals surface area contributed by atoms with Crippen LogP contribution in [-0.2, 0) is 6.42 Å². The van der Waals surface area contributed by atoms with Crippen LogP contribution in [0.4, 0.5) is 0 Å². The molecule has 102 valence electrons. The first-order valence-corrected chi connectivity index (χ1v) is 6.86. The van der Waals surface area contributed by atoms with Gasteiger partial charge in [-0.3, -0.25) is 0 Å². The molecule has 0 amide bonds. The highest BCUT2D eigenvalue weighted by molar-refractivity contribution is 5.80. The first kappa shape index (κ1) is 12.9. The van der Waals surface area contributed by atoms with Gasteiger partial charge in [0.25, 0.3) is 0 Å². The molecule has 0 aliphatic carbocycles. The fourth-order valence-corrected chi connectivity index (χ4v) is 2.56. The Hall–Kier alpha value is -2.06. The molecule has 0 saturated carbocycles. The van der Waals surface area contributed by atoms with Crippen molar-refractivity contribution in [1.29, 1.82) is 0 Å². The lowest BCUT2D eigenvalue weighted by atomic mass is 10.0. The summed E-state index contributed by atoms with van der Waals surface area (Å²) in [5.74, 6) is 0.635. The Bertz CT molecular complexity index is 740. The van der Waals surface area contributed by atoms with Gasteiger partial charge in [0.15, 0.2) is 0 Å². The molecule has 0 bridgehead atoms. The van der Waals surface area contributed by atoms with Crippen LogP contribution < -0.4 is 0 Å². The monoisotopic (exact) mass is 266 g/mol. The van der Waals surface area contributed by atoms with Crippen LogP contribution in [-0.4, -0.2) is 5.11 Å². The average Bonchev–Trinajstić information content (AvgIpc) is 2.84. The minimum Gasteiger partial charge on any atom is -0.458 e. The summed E-state index contributed by atoms with van der Waals surface area (Å²) in [6, 6.07) is 16.2. The Kier molecular flexibility index (Phi) is 3.33. The van der Waals surface area contributed by atoms with E-state index in [2.05, 4.69) is 19.1 Å². The summed E-state index contributed by atoms with van der Waals surface area (Å²) in [7, 11) is 0. The highest BCUT2D eigenvalue weighted by Gasteiger charge is 2.15. The molecular formula is C18H18O2. The number of aliphatic hydroxyl groups is 1. The SMILES string of the molecule is Cc1cccc(CC(O)c2cc3cccc(C)c3o2)c1. The summed E-state index contributed by atoms with van der Waals surface area (Å²) >= 11 is 0. The predicted octanol–water partition coefficient (Wildman–Crippen LogP) is 4.33. The first-order valence-electron chi connectivity index (χ1n) is 6.86. The Morgan fingerprint density at radius 1 is 1.05 bits per heavy atom. The number of hydrogen-bond donors (Lipinski definition) is 1. The number of aliphatic hydroxyl groups excluding tert-OH is 1. The van der Waals surface area contributed by atoms with Gasteiger partial charge in [-0.1, -0.05) is 48.0 Å². The van der Waals surface area contributed by atoms with Crippen molar-refractivity contribution < 1.29 is 9.52 Å². The Morgan fingerprint density at radius 3 is 2.60 bits per heavy atom. The van der Waals surface area contributed by atoms with Crippen molar-refractivity contribution in [3.8, 4) is 0 Å². The van der Waals surface area contributed by atoms with Crippen molar-refractivity contribution in [2.75, 3.05) is 0 Å². The number of fused-ring (bicyclic) bond motifs is 1. The van der Waals surface area contributed by atoms with Crippen molar-refractivity contribution in [1.82, 2.24) is 0 Å². The Morgan fingerprint density at radius 2 is 1.85 bits per heavy atom. The van der Waals surface area contributed by atoms with Crippen molar-refractivity contribution in [3.05, 3.63) is 71.0 Å². The van der Waals surface area contributed by atoms with Gasteiger partial charge < -0.3 is 9.52 Å². The molecule has 1 heterocycles. The number of aryl methyl sites for hydroxylation is 2. The van der Waals surface area contributed by atoms with Crippen LogP contribution in [0.3, 0.4) is 0 Å². The van der Waals surface area contributed by atoms with Crippen molar-refractivity contribution >= 4 is 11.0 Å². The minimum atomic E-state index is -0.608. The summed E-state index contributed by atoms with van der Waals surface area (Å²) in [4.78, 5) is 0. The van der Waals surface area contributed by atoms with Crippen LogP contribution in [0.15, 0.2) is 52.9 Å². The van der Waals surface area contributed by atoms with Gasteiger partial charge in [0.2, 0.25) is 0 Å². The van der Waals surface area contributed by atoms with E-state index in [-0.39, 0.29) is 0 Å². The second-order valence-corrected chi connectivity index (χ2v) is 5.35. The first-order chi connectivity index (χ1) is 9.63. The van der Waals surface area contributed by atoms with Crippen LogP contribution in [0, 0.1) is 13.8 Å². The molecule has 0 saturated heterocycles. The molecule has 0 aliphatic rings. The van der Waals surface area contributed by atoms with E-state index >= 15 is 0 Å². The molecule has 0 radical (unpaired) electrons. The lowest BCUT2D eigenvalue weighted by Gasteiger charge is -2.08. The van der Waals surface area contributed by atoms with Crippen molar-refractivity contribution in [2.45, 2.75) is 26.4 Å². The molecule has 2 nitrogen and oxygen atoms in total. The lowest BCUT2D eigenvalue weighted by molar-refractivity contribution is 0.152. The zero-order chi connectivity index (χ0) is 14.1. The zero-order valence-corrected chi connectivity index (χ0v) is 11.8. The molecule has 1 aromatic heterocycles. The molecule has 0 fully saturated rings. The number of benzene rings is 2. The van der Waals surface area contributed by atoms with Crippen molar-refractivity contribution in [3.63, 3.8) is 0 Å². The zero-order valence-electron chi connectivity index (χ0n) is 11.8. The molecule has 1 unspecified atom stereocenters. The Labute approximate surface area is 118 Å². The number of furan rings is 1. The highest BCUT2D eigenvalue weighted by atomic mass is 16.4. The van der Waals surface area contributed by atoms with E-state index in [9.17, 15) is 5.11 Å². The molecule has 0 aliphatic heterocycles. The summed E-state index contributed by atoms with van der Waals surface area (Å²) < 4.78 is 5.81. The maximum absolute atomic E-state index is 10.4. The van der Waals surface area contributed by atoms with Gasteiger partial charge in [-0.2, -0.15) is 0 Å². The van der Waals surface area contributed by atoms with Crippen LogP contribution in [0.2, 0.25) is 0 Å². The van der Waals surface area contributed by atoms with Gasteiger partial charge >= 0.3 is 0 Å². The lowest BCUT2D eigenvalue weighted by Crippen LogP contribution is -2.00. The molecule has 0 spiro atoms. The number of hydrogen-bond acceptors (Lipinski definition) is 2. The topological polar surface area (TPSA) is 33.4 Å². The molecule has 2 aromatic carbocycles. The molecule has 1 N–H and O–H groups in total. The van der Waals surface area contributed by atoms with Gasteiger partial charge in [0.05, 0.1) is 0 Å². The van der Waals surface area contributed by atoms with Crippen LogP contribution in [0.1, 0.15) is 28.6 Å². The summed E-state index contributed by atoms with van der Waals surface area (Å²) in [6.45, 7) is 4.07. The molecule has 1 atom stereocenters. The third-order valence-corrected chi connectivity index (χ3v) is 3.60. The van der Waals surface area contributed by atoms with E-state index in [0.717, 1.165) is 22.1 Å². The van der Waals surface area contributed by atoms with E-state index in [4.69, 9.17) is 4.42 Å². The standard InChI is InChI=1S/C18H18O2/c1-12-5-3-7-14(9-12)10-16(19)17-11-15-8-4-6-13(2)18(15)20-17/h3-9,11,16,19H,10H2,1-2H3. The van der Waals surface area contributed by atoms with E-state index in [1.54, 1.807) is 0 Å². The van der Waals surface area contributed by atoms with Crippen LogP contribution in [0.5, 0.6) is 0 Å². The molecule has 20 heavy (non-hydrogen) atoms. The maximum Gasteiger partial charge on any atom is 0.137 e. The van der Waals surface area contributed by atoms with E-state index < -0.39 is 6.10 Å². The maximum atomic E-state index is 10.4. The van der Waals surface area contributed by atoms with E-state index in [0.29, 0.717) is 12.2 Å². The molecule has 3 rings (SSSR count). The molecular weight excluding hydrogens is 248 g/mol. The largest absolute Gasteiger partial charge is 0.458 e. The van der Waals surface area contributed by atoms with Gasteiger partial charge in [0.1, 0.15) is 17.4 Å². The summed E-state index contributed by atoms with van der Waals surface area (Å²) in [6.07, 6.45) is -0.0378. The van der Waals surface area contributed by atoms with Crippen LogP contribution >= 0.6 is 0 Å². The predicted molar refractivity (Wildman–Crippen MR) is 80.8 cm³/mol. The summed E-state index contributed by atoms with van der Waals surface area (Å²) in [5.41, 5.74) is 4.28. The second-order valence-electron chi connectivity index (χ2n) is 5.35. The molecule has 3 aromatic rings. The second kappa shape index (κ2) is 5.14. The van der Waals surface area contributed by atoms with Crippen LogP contribution in [0.25, 0.3) is 11.0 Å². The average molecular weight is 266 g/mol. The fourth-order valence-electron chi connectivity index (χ4n) is 2.56. The Balaban J connectivity index is 1.89. The normalized spacial score (nSPS) is 12.8. The third kappa shape index (κ3) is 2.47. The fraction of sp³-hybridized carbons (Fsp3) is 0.222. The quantitative estimate of drug-likeness (QED) is 0.765. The smallest absolute Gasteiger partial charge is 0.137 e. The number of rotatable bonds is 3. The van der Waals surface area contributed by atoms with E-state index in [1.165, 1.54) is 5.56 Å². The third-order valence-electron chi connectivity index (χ3n) is 3.60. The van der Waals surface area contributed by atoms with Gasteiger partial charge in [0, 0.05) is 11.8 Å². The van der Waals surface area contributed by atoms with Crippen molar-refractivity contribution in [2.24, 2.45) is 0 Å². The van der Waals surface area contributed by atoms with Gasteiger partial charge in [-0.25, -0.2) is 0 Å². The summed E-state index contributed by atoms with van der Waals surface area (Å²) in [5, 5.41) is 11.4. The highest BCUT2D eigenvalue weighted by Crippen LogP contribution is 2.28.